The number of likely N-dealkylation sites (tertiary alicyclic amines) is 1. The molecule has 1 aliphatic rings. The van der Waals surface area contributed by atoms with Crippen LogP contribution < -0.4 is 11.1 Å². The summed E-state index contributed by atoms with van der Waals surface area (Å²) in [6.45, 7) is 2.97. The third-order valence-electron chi connectivity index (χ3n) is 4.43. The maximum atomic E-state index is 12.2. The Morgan fingerprint density at radius 3 is 2.48 bits per heavy atom. The number of halogens is 4. The molecule has 0 unspecified atom stereocenters. The quantitative estimate of drug-likeness (QED) is 0.706. The third-order valence-corrected chi connectivity index (χ3v) is 5.17. The number of nitrogens with two attached hydrogens (primary N) is 1. The van der Waals surface area contributed by atoms with Crippen LogP contribution in [0.15, 0.2) is 34.9 Å². The Hall–Kier alpha value is -0.950. The Morgan fingerprint density at radius 2 is 1.89 bits per heavy atom. The van der Waals surface area contributed by atoms with Crippen LogP contribution in [-0.2, 0) is 13.1 Å². The fourth-order valence-corrected chi connectivity index (χ4v) is 3.33. The average molecular weight is 455 g/mol. The van der Waals surface area contributed by atoms with E-state index >= 15 is 0 Å². The zero-order valence-electron chi connectivity index (χ0n) is 14.6. The van der Waals surface area contributed by atoms with Gasteiger partial charge in [0.05, 0.1) is 22.2 Å². The molecule has 0 aliphatic carbocycles. The number of furan rings is 1. The van der Waals surface area contributed by atoms with Crippen LogP contribution in [0.5, 0.6) is 0 Å². The van der Waals surface area contributed by atoms with Crippen LogP contribution in [-0.4, -0.2) is 29.9 Å². The van der Waals surface area contributed by atoms with Gasteiger partial charge in [-0.25, -0.2) is 0 Å². The van der Waals surface area contributed by atoms with Gasteiger partial charge in [0.2, 0.25) is 0 Å². The number of hydrogen-bond acceptors (Lipinski definition) is 4. The molecule has 1 amide bonds. The molecule has 150 valence electrons. The lowest BCUT2D eigenvalue weighted by Crippen LogP contribution is -2.44. The number of amides is 1. The van der Waals surface area contributed by atoms with E-state index in [1.807, 2.05) is 18.2 Å². The van der Waals surface area contributed by atoms with E-state index in [-0.39, 0.29) is 36.8 Å². The van der Waals surface area contributed by atoms with Crippen molar-refractivity contribution in [2.24, 2.45) is 5.73 Å². The predicted molar refractivity (Wildman–Crippen MR) is 113 cm³/mol. The Kier molecular flexibility index (Phi) is 9.95. The van der Waals surface area contributed by atoms with Gasteiger partial charge < -0.3 is 15.5 Å². The number of nitrogens with zero attached hydrogens (tertiary/aromatic N) is 1. The van der Waals surface area contributed by atoms with Crippen molar-refractivity contribution in [1.29, 1.82) is 0 Å². The van der Waals surface area contributed by atoms with Crippen molar-refractivity contribution < 1.29 is 9.21 Å². The van der Waals surface area contributed by atoms with E-state index in [4.69, 9.17) is 33.4 Å². The summed E-state index contributed by atoms with van der Waals surface area (Å²) in [5, 5.41) is 4.22. The van der Waals surface area contributed by atoms with Crippen LogP contribution in [0.2, 0.25) is 10.0 Å². The average Bonchev–Trinajstić information content (AvgIpc) is 3.09. The minimum Gasteiger partial charge on any atom is -0.467 e. The van der Waals surface area contributed by atoms with Crippen molar-refractivity contribution in [3.63, 3.8) is 0 Å². The minimum absolute atomic E-state index is 0. The number of nitrogens with one attached hydrogen (secondary N) is 1. The molecule has 0 radical (unpaired) electrons. The first-order chi connectivity index (χ1) is 12.0. The number of piperidine rings is 1. The molecule has 0 atom stereocenters. The van der Waals surface area contributed by atoms with E-state index < -0.39 is 0 Å². The van der Waals surface area contributed by atoms with E-state index in [2.05, 4.69) is 10.2 Å². The summed E-state index contributed by atoms with van der Waals surface area (Å²) in [6.07, 6.45) is 3.28. The maximum absolute atomic E-state index is 12.2. The summed E-state index contributed by atoms with van der Waals surface area (Å²) in [7, 11) is 0. The highest BCUT2D eigenvalue weighted by molar-refractivity contribution is 6.42. The molecule has 0 spiro atoms. The topological polar surface area (TPSA) is 71.5 Å². The van der Waals surface area contributed by atoms with Crippen molar-refractivity contribution in [2.45, 2.75) is 32.0 Å². The van der Waals surface area contributed by atoms with Gasteiger partial charge in [-0.05, 0) is 36.6 Å². The monoisotopic (exact) mass is 453 g/mol. The lowest BCUT2D eigenvalue weighted by atomic mass is 10.0. The summed E-state index contributed by atoms with van der Waals surface area (Å²) < 4.78 is 5.21. The summed E-state index contributed by atoms with van der Waals surface area (Å²) in [6, 6.07) is 7.59. The molecule has 27 heavy (non-hydrogen) atoms. The Bertz CT molecular complexity index is 746. The molecular weight excluding hydrogens is 432 g/mol. The van der Waals surface area contributed by atoms with Gasteiger partial charge in [-0.2, -0.15) is 0 Å². The molecule has 3 rings (SSSR count). The molecule has 1 aromatic heterocycles. The molecule has 0 bridgehead atoms. The molecule has 9 heteroatoms. The molecule has 1 saturated heterocycles. The molecule has 1 fully saturated rings. The summed E-state index contributed by atoms with van der Waals surface area (Å²) >= 11 is 12.0. The van der Waals surface area contributed by atoms with E-state index in [0.717, 1.165) is 38.0 Å². The van der Waals surface area contributed by atoms with Gasteiger partial charge >= 0.3 is 0 Å². The predicted octanol–water partition coefficient (Wildman–Crippen LogP) is 4.28. The normalized spacial score (nSPS) is 14.9. The number of rotatable bonds is 5. The molecule has 2 heterocycles. The molecule has 1 aliphatic heterocycles. The van der Waals surface area contributed by atoms with Crippen molar-refractivity contribution in [1.82, 2.24) is 10.2 Å². The number of benzene rings is 1. The highest BCUT2D eigenvalue weighted by atomic mass is 35.5. The number of carbonyl (C=O) groups is 1. The smallest absolute Gasteiger partial charge is 0.254 e. The van der Waals surface area contributed by atoms with Gasteiger partial charge in [-0.3, -0.25) is 9.69 Å². The van der Waals surface area contributed by atoms with Crippen LogP contribution >= 0.6 is 48.0 Å². The first kappa shape index (κ1) is 24.1. The van der Waals surface area contributed by atoms with Gasteiger partial charge in [0, 0.05) is 25.7 Å². The van der Waals surface area contributed by atoms with Crippen LogP contribution in [0.4, 0.5) is 0 Å². The van der Waals surface area contributed by atoms with Crippen molar-refractivity contribution in [3.8, 4) is 0 Å². The van der Waals surface area contributed by atoms with Crippen LogP contribution in [0.3, 0.4) is 0 Å². The third kappa shape index (κ3) is 6.56. The summed E-state index contributed by atoms with van der Waals surface area (Å²) in [5.74, 6) is 0.507. The zero-order valence-corrected chi connectivity index (χ0v) is 17.8. The van der Waals surface area contributed by atoms with E-state index in [1.54, 1.807) is 6.07 Å². The van der Waals surface area contributed by atoms with Gasteiger partial charge in [0.25, 0.3) is 5.91 Å². The SMILES string of the molecule is Cl.Cl.NCc1cc(C(=O)NC2CCN(Cc3ccc(Cl)c(Cl)c3)CC2)co1. The summed E-state index contributed by atoms with van der Waals surface area (Å²) in [5.41, 5.74) is 7.17. The highest BCUT2D eigenvalue weighted by Gasteiger charge is 2.22. The van der Waals surface area contributed by atoms with Gasteiger partial charge in [0.1, 0.15) is 12.0 Å². The lowest BCUT2D eigenvalue weighted by Gasteiger charge is -2.32. The molecular formula is C18H23Cl4N3O2. The van der Waals surface area contributed by atoms with E-state index in [9.17, 15) is 4.79 Å². The molecule has 2 aromatic rings. The van der Waals surface area contributed by atoms with Crippen molar-refractivity contribution >= 4 is 53.9 Å². The Labute approximate surface area is 181 Å². The van der Waals surface area contributed by atoms with Crippen molar-refractivity contribution in [3.05, 3.63) is 57.5 Å². The van der Waals surface area contributed by atoms with Gasteiger partial charge in [-0.1, -0.05) is 29.3 Å². The second-order valence-corrected chi connectivity index (χ2v) is 7.09. The molecule has 1 aromatic carbocycles. The number of carbonyl (C=O) groups excluding carboxylic acids is 1. The van der Waals surface area contributed by atoms with Crippen LogP contribution in [0, 0.1) is 0 Å². The molecule has 3 N–H and O–H groups in total. The van der Waals surface area contributed by atoms with Crippen LogP contribution in [0.25, 0.3) is 0 Å². The summed E-state index contributed by atoms with van der Waals surface area (Å²) in [4.78, 5) is 14.6. The fourth-order valence-electron chi connectivity index (χ4n) is 3.01. The largest absolute Gasteiger partial charge is 0.467 e. The highest BCUT2D eigenvalue weighted by Crippen LogP contribution is 2.24. The second kappa shape index (κ2) is 11.1. The van der Waals surface area contributed by atoms with E-state index in [1.165, 1.54) is 6.26 Å². The molecule has 0 saturated carbocycles. The first-order valence-electron chi connectivity index (χ1n) is 8.30. The standard InChI is InChI=1S/C18H21Cl2N3O2.2ClH/c19-16-2-1-12(7-17(16)20)10-23-5-3-14(4-6-23)22-18(24)13-8-15(9-21)25-11-13;;/h1-2,7-8,11,14H,3-6,9-10,21H2,(H,22,24);2*1H. The number of hydrogen-bond donors (Lipinski definition) is 2. The second-order valence-electron chi connectivity index (χ2n) is 6.28. The lowest BCUT2D eigenvalue weighted by molar-refractivity contribution is 0.0908. The van der Waals surface area contributed by atoms with Crippen LogP contribution in [0.1, 0.15) is 34.5 Å². The fraction of sp³-hybridized carbons (Fsp3) is 0.389. The first-order valence-corrected chi connectivity index (χ1v) is 9.05. The minimum atomic E-state index is -0.105. The maximum Gasteiger partial charge on any atom is 0.254 e. The Morgan fingerprint density at radius 1 is 1.19 bits per heavy atom. The van der Waals surface area contributed by atoms with Gasteiger partial charge in [-0.15, -0.1) is 24.8 Å². The van der Waals surface area contributed by atoms with Crippen molar-refractivity contribution in [2.75, 3.05) is 13.1 Å². The Balaban J connectivity index is 0.00000182. The zero-order chi connectivity index (χ0) is 17.8. The van der Waals surface area contributed by atoms with Gasteiger partial charge in [0.15, 0.2) is 0 Å². The van der Waals surface area contributed by atoms with E-state index in [0.29, 0.717) is 27.9 Å². The molecule has 5 nitrogen and oxygen atoms in total.